The second-order valence-electron chi connectivity index (χ2n) is 6.71. The number of nitrogens with two attached hydrogens (primary N) is 1. The fraction of sp³-hybridized carbons (Fsp3) is 0.211. The summed E-state index contributed by atoms with van der Waals surface area (Å²) >= 11 is 0. The van der Waals surface area contributed by atoms with E-state index >= 15 is 0 Å². The van der Waals surface area contributed by atoms with E-state index in [1.54, 1.807) is 24.3 Å². The number of benzene rings is 2. The summed E-state index contributed by atoms with van der Waals surface area (Å²) in [7, 11) is -3.40. The van der Waals surface area contributed by atoms with Crippen molar-refractivity contribution in [3.8, 4) is 11.1 Å². The summed E-state index contributed by atoms with van der Waals surface area (Å²) in [6.45, 7) is 3.99. The van der Waals surface area contributed by atoms with Crippen LogP contribution in [0.1, 0.15) is 30.2 Å². The third kappa shape index (κ3) is 3.80. The lowest BCUT2D eigenvalue weighted by Crippen LogP contribution is -2.12. The van der Waals surface area contributed by atoms with Crippen LogP contribution in [-0.2, 0) is 10.0 Å². The minimum Gasteiger partial charge on any atom is -0.366 e. The van der Waals surface area contributed by atoms with Gasteiger partial charge in [0, 0.05) is 23.2 Å². The lowest BCUT2D eigenvalue weighted by atomic mass is 10.0. The van der Waals surface area contributed by atoms with Crippen LogP contribution in [0.2, 0.25) is 0 Å². The van der Waals surface area contributed by atoms with E-state index in [-0.39, 0.29) is 11.6 Å². The summed E-state index contributed by atoms with van der Waals surface area (Å²) in [6, 6.07) is 9.58. The molecule has 0 bridgehead atoms. The zero-order valence-corrected chi connectivity index (χ0v) is 16.0. The summed E-state index contributed by atoms with van der Waals surface area (Å²) in [4.78, 5) is 11.2. The largest absolute Gasteiger partial charge is 0.366 e. The van der Waals surface area contributed by atoms with Crippen LogP contribution in [0.5, 0.6) is 0 Å². The zero-order valence-electron chi connectivity index (χ0n) is 15.2. The Bertz CT molecular complexity index is 1150. The normalized spacial score (nSPS) is 11.9. The predicted octanol–water partition coefficient (Wildman–Crippen LogP) is 3.50. The molecule has 0 aliphatic carbocycles. The van der Waals surface area contributed by atoms with Crippen molar-refractivity contribution in [3.63, 3.8) is 0 Å². The Balaban J connectivity index is 2.19. The number of carbonyl (C=O) groups is 1. The topological polar surface area (TPSA) is 94.2 Å². The Labute approximate surface area is 156 Å². The first-order chi connectivity index (χ1) is 12.6. The minimum atomic E-state index is -3.40. The van der Waals surface area contributed by atoms with E-state index in [1.807, 2.05) is 24.6 Å². The van der Waals surface area contributed by atoms with Crippen LogP contribution in [0.4, 0.5) is 10.1 Å². The van der Waals surface area contributed by atoms with Crippen LogP contribution in [0.15, 0.2) is 42.6 Å². The molecule has 0 saturated heterocycles. The lowest BCUT2D eigenvalue weighted by molar-refractivity contribution is 0.0996. The van der Waals surface area contributed by atoms with Crippen LogP contribution in [0, 0.1) is 5.82 Å². The minimum absolute atomic E-state index is 0.101. The number of anilines is 1. The van der Waals surface area contributed by atoms with Crippen LogP contribution in [-0.4, -0.2) is 25.1 Å². The van der Waals surface area contributed by atoms with Gasteiger partial charge >= 0.3 is 0 Å². The predicted molar refractivity (Wildman–Crippen MR) is 105 cm³/mol. The van der Waals surface area contributed by atoms with Gasteiger partial charge in [0.25, 0.3) is 5.91 Å². The number of nitrogens with one attached hydrogen (secondary N) is 1. The Kier molecular flexibility index (Phi) is 4.69. The Morgan fingerprint density at radius 3 is 2.44 bits per heavy atom. The van der Waals surface area contributed by atoms with Gasteiger partial charge in [-0.3, -0.25) is 9.52 Å². The molecule has 1 aromatic heterocycles. The second kappa shape index (κ2) is 6.70. The van der Waals surface area contributed by atoms with Gasteiger partial charge in [-0.15, -0.1) is 0 Å². The molecule has 0 fully saturated rings. The second-order valence-corrected chi connectivity index (χ2v) is 8.46. The highest BCUT2D eigenvalue weighted by Crippen LogP contribution is 2.35. The lowest BCUT2D eigenvalue weighted by Gasteiger charge is -2.10. The van der Waals surface area contributed by atoms with E-state index in [0.717, 1.165) is 22.7 Å². The first kappa shape index (κ1) is 18.9. The molecule has 0 spiro atoms. The number of primary amides is 1. The van der Waals surface area contributed by atoms with Gasteiger partial charge in [-0.1, -0.05) is 12.1 Å². The van der Waals surface area contributed by atoms with Gasteiger partial charge < -0.3 is 10.3 Å². The SMILES string of the molecule is CC(C)n1cc(-c2ccc(C(N)=O)c(F)c2)c2ccc(NS(C)(=O)=O)cc21. The molecule has 0 radical (unpaired) electrons. The number of carbonyl (C=O) groups excluding carboxylic acids is 1. The molecule has 1 amide bonds. The highest BCUT2D eigenvalue weighted by atomic mass is 32.2. The van der Waals surface area contributed by atoms with Crippen molar-refractivity contribution in [1.82, 2.24) is 4.57 Å². The van der Waals surface area contributed by atoms with Gasteiger partial charge in [0.1, 0.15) is 5.82 Å². The molecule has 8 heteroatoms. The molecule has 2 aromatic carbocycles. The summed E-state index contributed by atoms with van der Waals surface area (Å²) < 4.78 is 41.7. The van der Waals surface area contributed by atoms with Crippen LogP contribution in [0.3, 0.4) is 0 Å². The van der Waals surface area contributed by atoms with Gasteiger partial charge in [-0.05, 0) is 43.7 Å². The molecule has 0 unspecified atom stereocenters. The molecule has 3 rings (SSSR count). The highest BCUT2D eigenvalue weighted by Gasteiger charge is 2.16. The van der Waals surface area contributed by atoms with Crippen LogP contribution in [0.25, 0.3) is 22.0 Å². The standard InChI is InChI=1S/C19H20FN3O3S/c1-11(2)23-10-16(12-4-6-15(19(21)24)17(20)8-12)14-7-5-13(9-18(14)23)22-27(3,25)26/h4-11,22H,1-3H3,(H2,21,24). The van der Waals surface area contributed by atoms with E-state index in [1.165, 1.54) is 12.1 Å². The number of rotatable bonds is 5. The number of halogens is 1. The zero-order chi connectivity index (χ0) is 19.9. The number of amides is 1. The van der Waals surface area contributed by atoms with Gasteiger partial charge in [-0.25, -0.2) is 12.8 Å². The molecule has 6 nitrogen and oxygen atoms in total. The van der Waals surface area contributed by atoms with Crippen LogP contribution < -0.4 is 10.5 Å². The molecule has 3 aromatic rings. The van der Waals surface area contributed by atoms with Crippen molar-refractivity contribution in [2.75, 3.05) is 11.0 Å². The maximum atomic E-state index is 14.2. The van der Waals surface area contributed by atoms with Crippen molar-refractivity contribution >= 4 is 32.5 Å². The molecule has 1 heterocycles. The van der Waals surface area contributed by atoms with E-state index in [2.05, 4.69) is 4.72 Å². The number of hydrogen-bond acceptors (Lipinski definition) is 3. The van der Waals surface area contributed by atoms with Crippen LogP contribution >= 0.6 is 0 Å². The van der Waals surface area contributed by atoms with E-state index < -0.39 is 21.7 Å². The van der Waals surface area contributed by atoms with E-state index in [4.69, 9.17) is 5.73 Å². The smallest absolute Gasteiger partial charge is 0.251 e. The van der Waals surface area contributed by atoms with Gasteiger partial charge in [0.05, 0.1) is 23.0 Å². The third-order valence-corrected chi connectivity index (χ3v) is 4.85. The molecule has 142 valence electrons. The van der Waals surface area contributed by atoms with Crippen molar-refractivity contribution in [3.05, 3.63) is 54.0 Å². The average molecular weight is 389 g/mol. The molecule has 27 heavy (non-hydrogen) atoms. The molecule has 0 saturated carbocycles. The number of aromatic nitrogens is 1. The monoisotopic (exact) mass is 389 g/mol. The summed E-state index contributed by atoms with van der Waals surface area (Å²) in [5, 5.41) is 0.842. The molecule has 0 atom stereocenters. The quantitative estimate of drug-likeness (QED) is 0.699. The Hall–Kier alpha value is -2.87. The fourth-order valence-corrected chi connectivity index (χ4v) is 3.62. The van der Waals surface area contributed by atoms with Crippen molar-refractivity contribution in [2.24, 2.45) is 5.73 Å². The molecule has 0 aliphatic rings. The Morgan fingerprint density at radius 1 is 1.19 bits per heavy atom. The molecule has 3 N–H and O–H groups in total. The van der Waals surface area contributed by atoms with Crippen molar-refractivity contribution in [1.29, 1.82) is 0 Å². The molecular formula is C19H20FN3O3S. The fourth-order valence-electron chi connectivity index (χ4n) is 3.07. The number of hydrogen-bond donors (Lipinski definition) is 2. The first-order valence-electron chi connectivity index (χ1n) is 8.29. The number of sulfonamides is 1. The molecular weight excluding hydrogens is 369 g/mol. The number of nitrogens with zero attached hydrogens (tertiary/aromatic N) is 1. The summed E-state index contributed by atoms with van der Waals surface area (Å²) in [5.41, 5.74) is 7.65. The maximum absolute atomic E-state index is 14.2. The summed E-state index contributed by atoms with van der Waals surface area (Å²) in [5.74, 6) is -1.50. The van der Waals surface area contributed by atoms with Gasteiger partial charge in [0.15, 0.2) is 0 Å². The van der Waals surface area contributed by atoms with Crippen molar-refractivity contribution < 1.29 is 17.6 Å². The third-order valence-electron chi connectivity index (χ3n) is 4.24. The van der Waals surface area contributed by atoms with E-state index in [0.29, 0.717) is 11.3 Å². The average Bonchev–Trinajstić information content (AvgIpc) is 2.91. The Morgan fingerprint density at radius 2 is 1.89 bits per heavy atom. The van der Waals surface area contributed by atoms with E-state index in [9.17, 15) is 17.6 Å². The summed E-state index contributed by atoms with van der Waals surface area (Å²) in [6.07, 6.45) is 2.98. The maximum Gasteiger partial charge on any atom is 0.251 e. The van der Waals surface area contributed by atoms with Gasteiger partial charge in [-0.2, -0.15) is 0 Å². The van der Waals surface area contributed by atoms with Crippen molar-refractivity contribution in [2.45, 2.75) is 19.9 Å². The highest BCUT2D eigenvalue weighted by molar-refractivity contribution is 7.92. The van der Waals surface area contributed by atoms with Gasteiger partial charge in [0.2, 0.25) is 10.0 Å². The first-order valence-corrected chi connectivity index (χ1v) is 10.2. The number of fused-ring (bicyclic) bond motifs is 1. The molecule has 0 aliphatic heterocycles.